The van der Waals surface area contributed by atoms with Crippen LogP contribution in [-0.4, -0.2) is 45.2 Å². The summed E-state index contributed by atoms with van der Waals surface area (Å²) in [4.78, 5) is 22.9. The standard InChI is InChI=1S/C15H18N4O5/c1-9(2)24-13-5-4-10(23-3)6-11(13)16-14(20)8-19-7-12(15(21)22)17-18-19/h4-7,9H,8H2,1-3H3,(H,16,20)(H,21,22). The second-order valence-corrected chi connectivity index (χ2v) is 5.18. The zero-order valence-electron chi connectivity index (χ0n) is 13.5. The van der Waals surface area contributed by atoms with Gasteiger partial charge in [-0.15, -0.1) is 5.10 Å². The Hall–Kier alpha value is -3.10. The number of ether oxygens (including phenoxy) is 2. The highest BCUT2D eigenvalue weighted by Crippen LogP contribution is 2.30. The Morgan fingerprint density at radius 2 is 2.12 bits per heavy atom. The lowest BCUT2D eigenvalue weighted by Gasteiger charge is -2.16. The molecule has 0 atom stereocenters. The molecule has 2 N–H and O–H groups in total. The molecule has 9 nitrogen and oxygen atoms in total. The van der Waals surface area contributed by atoms with Crippen LogP contribution in [0.15, 0.2) is 24.4 Å². The van der Waals surface area contributed by atoms with Gasteiger partial charge in [-0.2, -0.15) is 0 Å². The highest BCUT2D eigenvalue weighted by Gasteiger charge is 2.14. The van der Waals surface area contributed by atoms with Crippen LogP contribution in [0.3, 0.4) is 0 Å². The maximum atomic E-state index is 12.2. The second-order valence-electron chi connectivity index (χ2n) is 5.18. The molecule has 2 rings (SSSR count). The van der Waals surface area contributed by atoms with E-state index in [1.54, 1.807) is 18.2 Å². The molecule has 0 spiro atoms. The number of benzene rings is 1. The molecule has 0 saturated carbocycles. The summed E-state index contributed by atoms with van der Waals surface area (Å²) < 4.78 is 11.9. The summed E-state index contributed by atoms with van der Waals surface area (Å²) in [5, 5.41) is 18.5. The summed E-state index contributed by atoms with van der Waals surface area (Å²) in [5.74, 6) is -0.542. The van der Waals surface area contributed by atoms with Crippen molar-refractivity contribution in [3.8, 4) is 11.5 Å². The first kappa shape index (κ1) is 17.3. The van der Waals surface area contributed by atoms with Gasteiger partial charge in [-0.3, -0.25) is 4.79 Å². The van der Waals surface area contributed by atoms with Gasteiger partial charge in [0, 0.05) is 6.07 Å². The summed E-state index contributed by atoms with van der Waals surface area (Å²) in [6.07, 6.45) is 1.11. The maximum absolute atomic E-state index is 12.2. The van der Waals surface area contributed by atoms with E-state index in [0.29, 0.717) is 17.2 Å². The van der Waals surface area contributed by atoms with Crippen LogP contribution < -0.4 is 14.8 Å². The molecule has 0 unspecified atom stereocenters. The van der Waals surface area contributed by atoms with Gasteiger partial charge >= 0.3 is 5.97 Å². The number of anilines is 1. The van der Waals surface area contributed by atoms with Crippen molar-refractivity contribution in [2.24, 2.45) is 0 Å². The number of rotatable bonds is 7. The van der Waals surface area contributed by atoms with Gasteiger partial charge in [0.25, 0.3) is 0 Å². The Kier molecular flexibility index (Phi) is 5.35. The molecule has 0 fully saturated rings. The van der Waals surface area contributed by atoms with Crippen molar-refractivity contribution in [2.45, 2.75) is 26.5 Å². The van der Waals surface area contributed by atoms with E-state index >= 15 is 0 Å². The molecule has 0 saturated heterocycles. The van der Waals surface area contributed by atoms with Crippen LogP contribution in [0.4, 0.5) is 5.69 Å². The monoisotopic (exact) mass is 334 g/mol. The molecule has 128 valence electrons. The first-order valence-electron chi connectivity index (χ1n) is 7.17. The lowest BCUT2D eigenvalue weighted by Crippen LogP contribution is -2.20. The van der Waals surface area contributed by atoms with Crippen molar-refractivity contribution in [3.05, 3.63) is 30.1 Å². The molecule has 1 aromatic heterocycles. The first-order chi connectivity index (χ1) is 11.4. The Morgan fingerprint density at radius 3 is 2.71 bits per heavy atom. The third-order valence-electron chi connectivity index (χ3n) is 2.89. The Bertz CT molecular complexity index is 741. The van der Waals surface area contributed by atoms with Crippen LogP contribution in [-0.2, 0) is 11.3 Å². The van der Waals surface area contributed by atoms with Gasteiger partial charge in [0.15, 0.2) is 5.69 Å². The largest absolute Gasteiger partial charge is 0.497 e. The molecule has 1 aromatic carbocycles. The van der Waals surface area contributed by atoms with Crippen molar-refractivity contribution < 1.29 is 24.2 Å². The highest BCUT2D eigenvalue weighted by atomic mass is 16.5. The fourth-order valence-electron chi connectivity index (χ4n) is 1.90. The molecule has 0 bridgehead atoms. The average Bonchev–Trinajstić information content (AvgIpc) is 2.97. The number of carbonyl (C=O) groups excluding carboxylic acids is 1. The quantitative estimate of drug-likeness (QED) is 0.786. The first-order valence-corrected chi connectivity index (χ1v) is 7.17. The van der Waals surface area contributed by atoms with E-state index in [-0.39, 0.29) is 18.3 Å². The van der Waals surface area contributed by atoms with Crippen molar-refractivity contribution >= 4 is 17.6 Å². The molecule has 0 aliphatic heterocycles. The number of nitrogens with zero attached hydrogens (tertiary/aromatic N) is 3. The van der Waals surface area contributed by atoms with Crippen molar-refractivity contribution in [3.63, 3.8) is 0 Å². The summed E-state index contributed by atoms with van der Waals surface area (Å²) >= 11 is 0. The Labute approximate surface area is 138 Å². The predicted molar refractivity (Wildman–Crippen MR) is 84.4 cm³/mol. The number of aromatic carboxylic acids is 1. The molecule has 0 aliphatic rings. The summed E-state index contributed by atoms with van der Waals surface area (Å²) in [5.41, 5.74) is 0.222. The molecule has 0 aliphatic carbocycles. The smallest absolute Gasteiger partial charge is 0.358 e. The van der Waals surface area contributed by atoms with Crippen LogP contribution in [0.1, 0.15) is 24.3 Å². The van der Waals surface area contributed by atoms with Gasteiger partial charge < -0.3 is 19.9 Å². The molecule has 1 amide bonds. The fraction of sp³-hybridized carbons (Fsp3) is 0.333. The van der Waals surface area contributed by atoms with Crippen molar-refractivity contribution in [1.82, 2.24) is 15.0 Å². The third-order valence-corrected chi connectivity index (χ3v) is 2.89. The summed E-state index contributed by atoms with van der Waals surface area (Å²) in [6, 6.07) is 5.07. The van der Waals surface area contributed by atoms with Crippen LogP contribution in [0.2, 0.25) is 0 Å². The average molecular weight is 334 g/mol. The normalized spacial score (nSPS) is 10.5. The number of nitrogens with one attached hydrogen (secondary N) is 1. The van der Waals surface area contributed by atoms with E-state index < -0.39 is 11.9 Å². The van der Waals surface area contributed by atoms with Crippen molar-refractivity contribution in [1.29, 1.82) is 0 Å². The molecule has 2 aromatic rings. The number of carboxylic acid groups (broad SMARTS) is 1. The lowest BCUT2D eigenvalue weighted by molar-refractivity contribution is -0.117. The van der Waals surface area contributed by atoms with E-state index in [1.165, 1.54) is 13.3 Å². The van der Waals surface area contributed by atoms with Crippen molar-refractivity contribution in [2.75, 3.05) is 12.4 Å². The third kappa shape index (κ3) is 4.45. The Balaban J connectivity index is 2.12. The number of carboxylic acids is 1. The van der Waals surface area contributed by atoms with E-state index in [1.807, 2.05) is 13.8 Å². The minimum Gasteiger partial charge on any atom is -0.497 e. The van der Waals surface area contributed by atoms with Gasteiger partial charge in [0.1, 0.15) is 18.0 Å². The Morgan fingerprint density at radius 1 is 1.38 bits per heavy atom. The van der Waals surface area contributed by atoms with Crippen LogP contribution in [0, 0.1) is 0 Å². The zero-order valence-corrected chi connectivity index (χ0v) is 13.5. The summed E-state index contributed by atoms with van der Waals surface area (Å²) in [7, 11) is 1.52. The van der Waals surface area contributed by atoms with Crippen LogP contribution in [0.5, 0.6) is 11.5 Å². The van der Waals surface area contributed by atoms with Gasteiger partial charge in [-0.05, 0) is 26.0 Å². The fourth-order valence-corrected chi connectivity index (χ4v) is 1.90. The minimum atomic E-state index is -1.21. The SMILES string of the molecule is COc1ccc(OC(C)C)c(NC(=O)Cn2cc(C(=O)O)nn2)c1. The maximum Gasteiger partial charge on any atom is 0.358 e. The summed E-state index contributed by atoms with van der Waals surface area (Å²) in [6.45, 7) is 3.57. The lowest BCUT2D eigenvalue weighted by atomic mass is 10.2. The number of methoxy groups -OCH3 is 1. The molecular formula is C15H18N4O5. The van der Waals surface area contributed by atoms with Crippen LogP contribution in [0.25, 0.3) is 0 Å². The number of hydrogen-bond acceptors (Lipinski definition) is 6. The molecular weight excluding hydrogens is 316 g/mol. The number of amides is 1. The van der Waals surface area contributed by atoms with Crippen LogP contribution >= 0.6 is 0 Å². The number of aromatic nitrogens is 3. The van der Waals surface area contributed by atoms with Gasteiger partial charge in [0.05, 0.1) is 25.1 Å². The van der Waals surface area contributed by atoms with E-state index in [0.717, 1.165) is 4.68 Å². The second kappa shape index (κ2) is 7.44. The number of hydrogen-bond donors (Lipinski definition) is 2. The van der Waals surface area contributed by atoms with Gasteiger partial charge in [-0.25, -0.2) is 9.48 Å². The molecule has 24 heavy (non-hydrogen) atoms. The molecule has 9 heteroatoms. The van der Waals surface area contributed by atoms with Gasteiger partial charge in [0.2, 0.25) is 5.91 Å². The van der Waals surface area contributed by atoms with E-state index in [4.69, 9.17) is 14.6 Å². The highest BCUT2D eigenvalue weighted by molar-refractivity contribution is 5.92. The van der Waals surface area contributed by atoms with E-state index in [9.17, 15) is 9.59 Å². The van der Waals surface area contributed by atoms with Gasteiger partial charge in [-0.1, -0.05) is 5.21 Å². The van der Waals surface area contributed by atoms with E-state index in [2.05, 4.69) is 15.6 Å². The predicted octanol–water partition coefficient (Wildman–Crippen LogP) is 1.41. The number of carbonyl (C=O) groups is 2. The zero-order chi connectivity index (χ0) is 17.7. The molecule has 0 radical (unpaired) electrons. The molecule has 1 heterocycles. The minimum absolute atomic E-state index is 0.0671. The topological polar surface area (TPSA) is 116 Å².